The molecule has 0 saturated heterocycles. The van der Waals surface area contributed by atoms with E-state index in [1.54, 1.807) is 30.3 Å². The van der Waals surface area contributed by atoms with Gasteiger partial charge < -0.3 is 23.8 Å². The Morgan fingerprint density at radius 2 is 1.04 bits per heavy atom. The van der Waals surface area contributed by atoms with Crippen molar-refractivity contribution in [3.8, 4) is 28.7 Å². The zero-order chi connectivity index (χ0) is 17.7. The highest BCUT2D eigenvalue weighted by Gasteiger charge is 2.33. The molecule has 0 aromatic heterocycles. The molecule has 128 valence electrons. The second-order valence-electron chi connectivity index (χ2n) is 5.03. The minimum absolute atomic E-state index is 0.0545. The predicted octanol–water partition coefficient (Wildman–Crippen LogP) is 4.74. The van der Waals surface area contributed by atoms with Crippen LogP contribution in [0.1, 0.15) is 0 Å². The van der Waals surface area contributed by atoms with Crippen molar-refractivity contribution in [3.05, 3.63) is 78.9 Å². The molecule has 6 nitrogen and oxygen atoms in total. The minimum atomic E-state index is -4.15. The maximum Gasteiger partial charge on any atom is 0.647 e. The van der Waals surface area contributed by atoms with Crippen molar-refractivity contribution in [2.45, 2.75) is 0 Å². The number of phenolic OH excluding ortho intramolecular Hbond substituents is 2. The number of phosphoric acid groups is 1. The summed E-state index contributed by atoms with van der Waals surface area (Å²) in [5.74, 6) is 0.396. The van der Waals surface area contributed by atoms with Gasteiger partial charge in [0, 0.05) is 12.1 Å². The lowest BCUT2D eigenvalue weighted by molar-refractivity contribution is 0.297. The molecule has 0 aliphatic carbocycles. The van der Waals surface area contributed by atoms with E-state index in [-0.39, 0.29) is 28.7 Å². The third-order valence-corrected chi connectivity index (χ3v) is 4.33. The Labute approximate surface area is 144 Å². The normalized spacial score (nSPS) is 10.9. The molecule has 0 saturated carbocycles. The van der Waals surface area contributed by atoms with Crippen molar-refractivity contribution >= 4 is 7.82 Å². The third-order valence-electron chi connectivity index (χ3n) is 3.03. The first-order valence-corrected chi connectivity index (χ1v) is 8.80. The topological polar surface area (TPSA) is 85.2 Å². The Kier molecular flexibility index (Phi) is 4.82. The van der Waals surface area contributed by atoms with Gasteiger partial charge in [0.25, 0.3) is 0 Å². The van der Waals surface area contributed by atoms with Crippen LogP contribution in [0.15, 0.2) is 78.9 Å². The van der Waals surface area contributed by atoms with Gasteiger partial charge in [0.05, 0.1) is 0 Å². The Hall–Kier alpha value is -3.11. The molecule has 0 spiro atoms. The maximum absolute atomic E-state index is 13.1. The van der Waals surface area contributed by atoms with Gasteiger partial charge in [-0.1, -0.05) is 30.3 Å². The van der Waals surface area contributed by atoms with E-state index in [9.17, 15) is 14.8 Å². The highest BCUT2D eigenvalue weighted by molar-refractivity contribution is 7.49. The van der Waals surface area contributed by atoms with Gasteiger partial charge in [-0.05, 0) is 36.4 Å². The molecule has 25 heavy (non-hydrogen) atoms. The van der Waals surface area contributed by atoms with Gasteiger partial charge in [-0.2, -0.15) is 4.57 Å². The lowest BCUT2D eigenvalue weighted by Gasteiger charge is -2.19. The SMILES string of the molecule is O=P(Oc1ccccc1)(Oc1cccc(O)c1)Oc1cccc(O)c1. The fourth-order valence-corrected chi connectivity index (χ4v) is 3.24. The zero-order valence-corrected chi connectivity index (χ0v) is 13.9. The Bertz CT molecular complexity index is 845. The highest BCUT2D eigenvalue weighted by Crippen LogP contribution is 2.50. The summed E-state index contributed by atoms with van der Waals surface area (Å²) in [6, 6.07) is 20.0. The second-order valence-corrected chi connectivity index (χ2v) is 6.47. The Balaban J connectivity index is 1.90. The first-order chi connectivity index (χ1) is 12.0. The molecule has 0 unspecified atom stereocenters. The van der Waals surface area contributed by atoms with Crippen molar-refractivity contribution in [1.29, 1.82) is 0 Å². The van der Waals surface area contributed by atoms with Crippen LogP contribution < -0.4 is 13.6 Å². The van der Waals surface area contributed by atoms with E-state index in [4.69, 9.17) is 13.6 Å². The molecule has 7 heteroatoms. The molecule has 0 aliphatic rings. The lowest BCUT2D eigenvalue weighted by Crippen LogP contribution is -2.07. The van der Waals surface area contributed by atoms with Gasteiger partial charge in [0.1, 0.15) is 28.7 Å². The van der Waals surface area contributed by atoms with Gasteiger partial charge in [-0.25, -0.2) is 0 Å². The van der Waals surface area contributed by atoms with E-state index >= 15 is 0 Å². The van der Waals surface area contributed by atoms with Gasteiger partial charge >= 0.3 is 7.82 Å². The van der Waals surface area contributed by atoms with E-state index in [1.165, 1.54) is 48.5 Å². The van der Waals surface area contributed by atoms with Crippen molar-refractivity contribution < 1.29 is 28.3 Å². The average Bonchev–Trinajstić information content (AvgIpc) is 2.55. The quantitative estimate of drug-likeness (QED) is 0.619. The Morgan fingerprint density at radius 3 is 1.52 bits per heavy atom. The van der Waals surface area contributed by atoms with Crippen LogP contribution in [0.5, 0.6) is 28.7 Å². The number of hydrogen-bond donors (Lipinski definition) is 2. The van der Waals surface area contributed by atoms with Gasteiger partial charge in [0.15, 0.2) is 0 Å². The fraction of sp³-hybridized carbons (Fsp3) is 0. The molecular weight excluding hydrogens is 343 g/mol. The summed E-state index contributed by atoms with van der Waals surface area (Å²) in [7, 11) is -4.15. The summed E-state index contributed by atoms with van der Waals surface area (Å²) >= 11 is 0. The monoisotopic (exact) mass is 358 g/mol. The molecule has 0 bridgehead atoms. The molecule has 3 rings (SSSR count). The summed E-state index contributed by atoms with van der Waals surface area (Å²) in [6.07, 6.45) is 0. The Morgan fingerprint density at radius 1 is 0.600 bits per heavy atom. The number of para-hydroxylation sites is 1. The van der Waals surface area contributed by atoms with E-state index in [2.05, 4.69) is 0 Å². The zero-order valence-electron chi connectivity index (χ0n) is 13.0. The first-order valence-electron chi connectivity index (χ1n) is 7.34. The van der Waals surface area contributed by atoms with Crippen LogP contribution in [0.2, 0.25) is 0 Å². The average molecular weight is 358 g/mol. The number of benzene rings is 3. The van der Waals surface area contributed by atoms with Crippen LogP contribution >= 0.6 is 7.82 Å². The van der Waals surface area contributed by atoms with Crippen LogP contribution in [-0.4, -0.2) is 10.2 Å². The van der Waals surface area contributed by atoms with Crippen molar-refractivity contribution in [1.82, 2.24) is 0 Å². The summed E-state index contributed by atoms with van der Waals surface area (Å²) in [6.45, 7) is 0. The number of hydrogen-bond acceptors (Lipinski definition) is 6. The predicted molar refractivity (Wildman–Crippen MR) is 92.1 cm³/mol. The molecule has 0 amide bonds. The molecule has 3 aromatic rings. The largest absolute Gasteiger partial charge is 0.647 e. The van der Waals surface area contributed by atoms with Gasteiger partial charge in [0.2, 0.25) is 0 Å². The summed E-state index contributed by atoms with van der Waals surface area (Å²) in [4.78, 5) is 0. The van der Waals surface area contributed by atoms with E-state index in [0.717, 1.165) is 0 Å². The molecular formula is C18H15O6P. The number of rotatable bonds is 6. The van der Waals surface area contributed by atoms with E-state index in [0.29, 0.717) is 0 Å². The van der Waals surface area contributed by atoms with Crippen LogP contribution in [0, 0.1) is 0 Å². The number of phosphoric ester groups is 1. The number of phenols is 2. The fourth-order valence-electron chi connectivity index (χ4n) is 2.01. The standard InChI is InChI=1S/C18H15O6P/c19-14-6-4-10-17(12-14)23-25(21,22-16-8-2-1-3-9-16)24-18-11-5-7-15(20)13-18/h1-13,19-20H. The van der Waals surface area contributed by atoms with Crippen molar-refractivity contribution in [2.24, 2.45) is 0 Å². The summed E-state index contributed by atoms with van der Waals surface area (Å²) in [5, 5.41) is 19.1. The van der Waals surface area contributed by atoms with Crippen LogP contribution in [0.25, 0.3) is 0 Å². The van der Waals surface area contributed by atoms with Crippen LogP contribution in [0.3, 0.4) is 0 Å². The maximum atomic E-state index is 13.1. The van der Waals surface area contributed by atoms with Crippen molar-refractivity contribution in [3.63, 3.8) is 0 Å². The lowest BCUT2D eigenvalue weighted by atomic mass is 10.3. The minimum Gasteiger partial charge on any atom is -0.508 e. The van der Waals surface area contributed by atoms with Gasteiger partial charge in [-0.3, -0.25) is 0 Å². The van der Waals surface area contributed by atoms with Gasteiger partial charge in [-0.15, -0.1) is 0 Å². The molecule has 0 aliphatic heterocycles. The molecule has 0 radical (unpaired) electrons. The molecule has 0 fully saturated rings. The molecule has 0 atom stereocenters. The van der Waals surface area contributed by atoms with E-state index in [1.807, 2.05) is 0 Å². The van der Waals surface area contributed by atoms with Crippen LogP contribution in [-0.2, 0) is 4.57 Å². The van der Waals surface area contributed by atoms with E-state index < -0.39 is 7.82 Å². The van der Waals surface area contributed by atoms with Crippen molar-refractivity contribution in [2.75, 3.05) is 0 Å². The molecule has 0 heterocycles. The second kappa shape index (κ2) is 7.20. The third kappa shape index (κ3) is 4.68. The number of aromatic hydroxyl groups is 2. The summed E-state index contributed by atoms with van der Waals surface area (Å²) < 4.78 is 29.4. The van der Waals surface area contributed by atoms with Crippen LogP contribution in [0.4, 0.5) is 0 Å². The smallest absolute Gasteiger partial charge is 0.508 e. The summed E-state index contributed by atoms with van der Waals surface area (Å²) in [5.41, 5.74) is 0. The highest BCUT2D eigenvalue weighted by atomic mass is 31.2. The molecule has 2 N–H and O–H groups in total. The molecule has 3 aromatic carbocycles. The first kappa shape index (κ1) is 16.7.